The fourth-order valence-electron chi connectivity index (χ4n) is 4.48. The molecule has 5 rings (SSSR count). The lowest BCUT2D eigenvalue weighted by atomic mass is 9.91. The van der Waals surface area contributed by atoms with Gasteiger partial charge in [0, 0.05) is 26.1 Å². The number of H-pyrrole nitrogens is 2. The van der Waals surface area contributed by atoms with Crippen LogP contribution in [0.4, 0.5) is 43.9 Å². The zero-order valence-electron chi connectivity index (χ0n) is 21.2. The Morgan fingerprint density at radius 3 is 1.34 bits per heavy atom. The largest absolute Gasteiger partial charge is 0.355 e. The van der Waals surface area contributed by atoms with Gasteiger partial charge >= 0.3 is 0 Å². The van der Waals surface area contributed by atoms with E-state index in [4.69, 9.17) is 0 Å². The molecule has 15 heteroatoms. The van der Waals surface area contributed by atoms with Gasteiger partial charge in [-0.3, -0.25) is 9.59 Å². The molecule has 0 radical (unpaired) electrons. The molecule has 1 atom stereocenters. The van der Waals surface area contributed by atoms with Crippen molar-refractivity contribution >= 4 is 34.2 Å². The molecule has 0 saturated carbocycles. The summed E-state index contributed by atoms with van der Waals surface area (Å²) in [6, 6.07) is 9.96. The van der Waals surface area contributed by atoms with Crippen molar-refractivity contribution in [3.05, 3.63) is 150 Å². The van der Waals surface area contributed by atoms with Gasteiger partial charge in [-0.1, -0.05) is 0 Å². The Bertz CT molecular complexity index is 1930. The first-order chi connectivity index (χ1) is 20.7. The maximum absolute atomic E-state index is 15.1. The van der Waals surface area contributed by atoms with Crippen LogP contribution in [-0.2, 0) is 0 Å². The number of nitrogens with one attached hydrogen (secondary N) is 2. The number of hydrogen-bond acceptors (Lipinski definition) is 2. The van der Waals surface area contributed by atoms with Gasteiger partial charge in [-0.05, 0) is 71.1 Å². The van der Waals surface area contributed by atoms with Gasteiger partial charge in [0.1, 0.15) is 5.56 Å². The third-order valence-corrected chi connectivity index (χ3v) is 7.32. The van der Waals surface area contributed by atoms with Gasteiger partial charge in [0.25, 0.3) is 0 Å². The van der Waals surface area contributed by atoms with Gasteiger partial charge in [-0.15, -0.1) is 0 Å². The number of halogens is 11. The average Bonchev–Trinajstić information content (AvgIpc) is 3.70. The second kappa shape index (κ2) is 11.6. The van der Waals surface area contributed by atoms with E-state index in [0.29, 0.717) is 0 Å². The van der Waals surface area contributed by atoms with Crippen LogP contribution < -0.4 is 0 Å². The highest BCUT2D eigenvalue weighted by molar-refractivity contribution is 14.1. The topological polar surface area (TPSA) is 65.7 Å². The van der Waals surface area contributed by atoms with E-state index in [2.05, 4.69) is 9.97 Å². The highest BCUT2D eigenvalue weighted by Gasteiger charge is 2.35. The molecule has 0 amide bonds. The second-order valence-corrected chi connectivity index (χ2v) is 10.4. The van der Waals surface area contributed by atoms with Crippen LogP contribution in [0.2, 0.25) is 0 Å². The molecule has 0 aliphatic carbocycles. The van der Waals surface area contributed by atoms with Gasteiger partial charge in [-0.25, -0.2) is 43.9 Å². The van der Waals surface area contributed by atoms with Crippen LogP contribution >= 0.6 is 22.6 Å². The summed E-state index contributed by atoms with van der Waals surface area (Å²) in [4.78, 5) is 30.6. The van der Waals surface area contributed by atoms with Crippen molar-refractivity contribution in [1.82, 2.24) is 9.97 Å². The lowest BCUT2D eigenvalue weighted by Gasteiger charge is -2.18. The monoisotopic (exact) mass is 736 g/mol. The molecule has 0 spiro atoms. The van der Waals surface area contributed by atoms with Gasteiger partial charge in [0.2, 0.25) is 23.2 Å². The van der Waals surface area contributed by atoms with Gasteiger partial charge < -0.3 is 9.97 Å². The summed E-state index contributed by atoms with van der Waals surface area (Å²) in [5.74, 6) is -28.4. The molecule has 1 unspecified atom stereocenters. The lowest BCUT2D eigenvalue weighted by molar-refractivity contribution is 0.102. The summed E-state index contributed by atoms with van der Waals surface area (Å²) in [6.07, 6.45) is 0. The minimum Gasteiger partial charge on any atom is -0.355 e. The number of carbonyl (C=O) groups is 2. The maximum atomic E-state index is 15.1. The summed E-state index contributed by atoms with van der Waals surface area (Å²) in [5.41, 5.74) is -5.09. The number of rotatable bonds is 7. The molecule has 0 aliphatic rings. The highest BCUT2D eigenvalue weighted by atomic mass is 127. The van der Waals surface area contributed by atoms with Crippen molar-refractivity contribution in [1.29, 1.82) is 0 Å². The Morgan fingerprint density at radius 1 is 0.500 bits per heavy atom. The molecule has 2 N–H and O–H groups in total. The smallest absolute Gasteiger partial charge is 0.215 e. The first kappa shape index (κ1) is 31.0. The summed E-state index contributed by atoms with van der Waals surface area (Å²) in [5, 5.41) is 0. The first-order valence-corrected chi connectivity index (χ1v) is 13.1. The Hall–Kier alpha value is -4.41. The SMILES string of the molecule is O=C(c1ccc(I)cc1)c1ccc(C(c2ccc(C(=O)c3c(F)c(F)c(F)c(F)c3F)[nH]2)c2c(F)c(F)c(F)c(F)c2F)[nH]1. The third-order valence-electron chi connectivity index (χ3n) is 6.60. The van der Waals surface area contributed by atoms with E-state index < -0.39 is 98.2 Å². The third kappa shape index (κ3) is 5.07. The molecule has 0 aliphatic heterocycles. The molecule has 226 valence electrons. The van der Waals surface area contributed by atoms with E-state index >= 15 is 8.78 Å². The molecular weight excluding hydrogens is 725 g/mol. The van der Waals surface area contributed by atoms with Gasteiger partial charge in [0.15, 0.2) is 46.5 Å². The minimum atomic E-state index is -2.53. The van der Waals surface area contributed by atoms with Crippen LogP contribution in [0.5, 0.6) is 0 Å². The number of hydrogen-bond donors (Lipinski definition) is 2. The Labute approximate surface area is 252 Å². The summed E-state index contributed by atoms with van der Waals surface area (Å²) in [6.45, 7) is 0. The molecule has 0 bridgehead atoms. The van der Waals surface area contributed by atoms with E-state index in [-0.39, 0.29) is 17.0 Å². The van der Waals surface area contributed by atoms with Crippen molar-refractivity contribution < 1.29 is 53.5 Å². The quantitative estimate of drug-likeness (QED) is 0.0586. The van der Waals surface area contributed by atoms with Crippen molar-refractivity contribution in [3.63, 3.8) is 0 Å². The molecule has 44 heavy (non-hydrogen) atoms. The van der Waals surface area contributed by atoms with Crippen LogP contribution in [0, 0.1) is 61.7 Å². The van der Waals surface area contributed by atoms with E-state index in [1.807, 2.05) is 22.6 Å². The Balaban J connectivity index is 1.66. The summed E-state index contributed by atoms with van der Waals surface area (Å²) < 4.78 is 143. The highest BCUT2D eigenvalue weighted by Crippen LogP contribution is 2.38. The predicted octanol–water partition coefficient (Wildman–Crippen LogP) is 7.98. The van der Waals surface area contributed by atoms with Crippen molar-refractivity contribution in [3.8, 4) is 0 Å². The number of carbonyl (C=O) groups excluding carboxylic acids is 2. The molecule has 0 fully saturated rings. The normalized spacial score (nSPS) is 12.1. The summed E-state index contributed by atoms with van der Waals surface area (Å²) in [7, 11) is 0. The Kier molecular flexibility index (Phi) is 8.17. The molecule has 2 heterocycles. The summed E-state index contributed by atoms with van der Waals surface area (Å²) >= 11 is 1.99. The van der Waals surface area contributed by atoms with Crippen molar-refractivity contribution in [2.75, 3.05) is 0 Å². The average molecular weight is 736 g/mol. The van der Waals surface area contributed by atoms with Gasteiger partial charge in [-0.2, -0.15) is 0 Å². The number of aromatic amines is 2. The fraction of sp³-hybridized carbons (Fsp3) is 0.0345. The van der Waals surface area contributed by atoms with Crippen LogP contribution in [0.1, 0.15) is 55.0 Å². The Morgan fingerprint density at radius 2 is 0.886 bits per heavy atom. The molecule has 2 aromatic heterocycles. The predicted molar refractivity (Wildman–Crippen MR) is 141 cm³/mol. The second-order valence-electron chi connectivity index (χ2n) is 9.18. The first-order valence-electron chi connectivity index (χ1n) is 12.0. The molecule has 4 nitrogen and oxygen atoms in total. The number of ketones is 2. The minimum absolute atomic E-state index is 0.169. The number of benzene rings is 3. The number of aromatic nitrogens is 2. The van der Waals surface area contributed by atoms with E-state index in [1.165, 1.54) is 12.1 Å². The van der Waals surface area contributed by atoms with Crippen LogP contribution in [0.25, 0.3) is 0 Å². The zero-order chi connectivity index (χ0) is 32.2. The molecule has 5 aromatic rings. The van der Waals surface area contributed by atoms with Gasteiger partial charge in [0.05, 0.1) is 17.3 Å². The van der Waals surface area contributed by atoms with E-state index in [9.17, 15) is 44.7 Å². The van der Waals surface area contributed by atoms with Crippen molar-refractivity contribution in [2.45, 2.75) is 5.92 Å². The van der Waals surface area contributed by atoms with Crippen molar-refractivity contribution in [2.24, 2.45) is 0 Å². The van der Waals surface area contributed by atoms with Crippen LogP contribution in [-0.4, -0.2) is 21.5 Å². The molecular formula is C29H11F10IN2O2. The fourth-order valence-corrected chi connectivity index (χ4v) is 4.83. The van der Waals surface area contributed by atoms with Crippen LogP contribution in [0.15, 0.2) is 48.5 Å². The standard InChI is InChI=1S/C29H11F10IN2O2/c30-18-16(19(31)23(35)26(38)22(18)34)15(11-5-7-13(41-11)28(43)9-1-3-10(40)4-2-9)12-6-8-14(42-12)29(44)17-20(32)24(36)27(39)25(37)21(17)33/h1-8,15,41-42H. The molecule has 0 saturated heterocycles. The lowest BCUT2D eigenvalue weighted by Crippen LogP contribution is -2.16. The van der Waals surface area contributed by atoms with E-state index in [1.54, 1.807) is 12.1 Å². The molecule has 3 aromatic carbocycles. The van der Waals surface area contributed by atoms with Crippen LogP contribution in [0.3, 0.4) is 0 Å². The zero-order valence-corrected chi connectivity index (χ0v) is 23.3. The van der Waals surface area contributed by atoms with E-state index in [0.717, 1.165) is 27.8 Å². The maximum Gasteiger partial charge on any atom is 0.215 e.